The Balaban J connectivity index is 2.38. The first-order valence-electron chi connectivity index (χ1n) is 6.14. The molecule has 20 heavy (non-hydrogen) atoms. The predicted molar refractivity (Wildman–Crippen MR) is 75.2 cm³/mol. The summed E-state index contributed by atoms with van der Waals surface area (Å²) < 4.78 is 1.67. The van der Waals surface area contributed by atoms with E-state index in [1.807, 2.05) is 25.1 Å². The van der Waals surface area contributed by atoms with Crippen molar-refractivity contribution in [1.29, 1.82) is 5.26 Å². The molecule has 0 amide bonds. The molecule has 1 N–H and O–H groups in total. The molecule has 0 aromatic carbocycles. The lowest BCUT2D eigenvalue weighted by Gasteiger charge is -2.12. The number of nitrogens with one attached hydrogen (secondary N) is 1. The first-order chi connectivity index (χ1) is 9.76. The molecule has 0 radical (unpaired) electrons. The topological polar surface area (TPSA) is 78.9 Å². The number of hydrogen-bond acceptors (Lipinski definition) is 5. The van der Waals surface area contributed by atoms with E-state index in [9.17, 15) is 0 Å². The summed E-state index contributed by atoms with van der Waals surface area (Å²) in [7, 11) is 1.80. The van der Waals surface area contributed by atoms with E-state index in [-0.39, 0.29) is 0 Å². The van der Waals surface area contributed by atoms with E-state index in [1.165, 1.54) is 6.20 Å². The maximum atomic E-state index is 9.09. The SMILES string of the molecule is CNc1nc2c(C#N)cnn2c(C)c1-c1ccccn1. The summed E-state index contributed by atoms with van der Waals surface area (Å²) in [5, 5.41) is 16.4. The van der Waals surface area contributed by atoms with Gasteiger partial charge in [-0.3, -0.25) is 4.98 Å². The van der Waals surface area contributed by atoms with Crippen LogP contribution in [0.15, 0.2) is 30.6 Å². The van der Waals surface area contributed by atoms with Crippen molar-refractivity contribution in [3.8, 4) is 17.3 Å². The highest BCUT2D eigenvalue weighted by Crippen LogP contribution is 2.29. The lowest BCUT2D eigenvalue weighted by atomic mass is 10.1. The fourth-order valence-corrected chi connectivity index (χ4v) is 2.21. The Morgan fingerprint density at radius 1 is 1.35 bits per heavy atom. The largest absolute Gasteiger partial charge is 0.372 e. The van der Waals surface area contributed by atoms with E-state index in [0.717, 1.165) is 17.0 Å². The van der Waals surface area contributed by atoms with Crippen molar-refractivity contribution in [2.75, 3.05) is 12.4 Å². The van der Waals surface area contributed by atoms with Gasteiger partial charge < -0.3 is 5.32 Å². The average Bonchev–Trinajstić information content (AvgIpc) is 2.91. The van der Waals surface area contributed by atoms with Gasteiger partial charge in [0.1, 0.15) is 17.5 Å². The molecule has 0 saturated heterocycles. The van der Waals surface area contributed by atoms with E-state index in [1.54, 1.807) is 17.8 Å². The number of aromatic nitrogens is 4. The molecule has 6 heteroatoms. The third kappa shape index (κ3) is 1.68. The van der Waals surface area contributed by atoms with Crippen LogP contribution in [0.25, 0.3) is 16.9 Å². The summed E-state index contributed by atoms with van der Waals surface area (Å²) in [6, 6.07) is 7.81. The number of fused-ring (bicyclic) bond motifs is 1. The molecule has 0 aliphatic carbocycles. The highest BCUT2D eigenvalue weighted by Gasteiger charge is 2.17. The van der Waals surface area contributed by atoms with E-state index in [2.05, 4.69) is 26.5 Å². The van der Waals surface area contributed by atoms with Crippen molar-refractivity contribution in [3.05, 3.63) is 41.9 Å². The fraction of sp³-hybridized carbons (Fsp3) is 0.143. The minimum absolute atomic E-state index is 0.456. The van der Waals surface area contributed by atoms with Gasteiger partial charge in [-0.2, -0.15) is 10.4 Å². The van der Waals surface area contributed by atoms with Gasteiger partial charge in [-0.25, -0.2) is 9.50 Å². The summed E-state index contributed by atoms with van der Waals surface area (Å²) in [6.45, 7) is 1.94. The quantitative estimate of drug-likeness (QED) is 0.766. The zero-order chi connectivity index (χ0) is 14.1. The molecule has 3 heterocycles. The number of anilines is 1. The highest BCUT2D eigenvalue weighted by atomic mass is 15.3. The van der Waals surface area contributed by atoms with Gasteiger partial charge in [0.15, 0.2) is 5.65 Å². The highest BCUT2D eigenvalue weighted by molar-refractivity contribution is 5.77. The smallest absolute Gasteiger partial charge is 0.175 e. The van der Waals surface area contributed by atoms with Crippen LogP contribution >= 0.6 is 0 Å². The summed E-state index contributed by atoms with van der Waals surface area (Å²) in [5.74, 6) is 0.686. The molecule has 0 fully saturated rings. The van der Waals surface area contributed by atoms with E-state index in [0.29, 0.717) is 17.0 Å². The lowest BCUT2D eigenvalue weighted by Crippen LogP contribution is -2.05. The van der Waals surface area contributed by atoms with Gasteiger partial charge >= 0.3 is 0 Å². The van der Waals surface area contributed by atoms with Crippen LogP contribution in [0.5, 0.6) is 0 Å². The molecule has 0 atom stereocenters. The van der Waals surface area contributed by atoms with Gasteiger partial charge in [0, 0.05) is 13.2 Å². The molecule has 0 spiro atoms. The van der Waals surface area contributed by atoms with Crippen LogP contribution in [0.1, 0.15) is 11.3 Å². The molecular formula is C14H12N6. The second-order valence-electron chi connectivity index (χ2n) is 4.29. The van der Waals surface area contributed by atoms with Crippen molar-refractivity contribution in [2.24, 2.45) is 0 Å². The second-order valence-corrected chi connectivity index (χ2v) is 4.29. The van der Waals surface area contributed by atoms with Crippen molar-refractivity contribution in [1.82, 2.24) is 19.6 Å². The number of pyridine rings is 1. The van der Waals surface area contributed by atoms with Gasteiger partial charge in [-0.05, 0) is 19.1 Å². The summed E-state index contributed by atoms with van der Waals surface area (Å²) in [6.07, 6.45) is 3.26. The summed E-state index contributed by atoms with van der Waals surface area (Å²) >= 11 is 0. The second kappa shape index (κ2) is 4.63. The Labute approximate surface area is 115 Å². The summed E-state index contributed by atoms with van der Waals surface area (Å²) in [4.78, 5) is 8.85. The molecule has 0 saturated carbocycles. The zero-order valence-electron chi connectivity index (χ0n) is 11.1. The monoisotopic (exact) mass is 264 g/mol. The number of hydrogen-bond donors (Lipinski definition) is 1. The van der Waals surface area contributed by atoms with E-state index in [4.69, 9.17) is 5.26 Å². The number of rotatable bonds is 2. The van der Waals surface area contributed by atoms with Crippen LogP contribution in [-0.4, -0.2) is 26.6 Å². The molecule has 0 aliphatic heterocycles. The molecule has 0 unspecified atom stereocenters. The van der Waals surface area contributed by atoms with Gasteiger partial charge in [-0.1, -0.05) is 6.07 Å². The average molecular weight is 264 g/mol. The van der Waals surface area contributed by atoms with E-state index >= 15 is 0 Å². The van der Waals surface area contributed by atoms with Crippen LogP contribution in [0.4, 0.5) is 5.82 Å². The maximum Gasteiger partial charge on any atom is 0.175 e. The van der Waals surface area contributed by atoms with Crippen LogP contribution in [0.2, 0.25) is 0 Å². The third-order valence-corrected chi connectivity index (χ3v) is 3.16. The molecule has 3 rings (SSSR count). The van der Waals surface area contributed by atoms with Crippen LogP contribution in [0, 0.1) is 18.3 Å². The van der Waals surface area contributed by atoms with Gasteiger partial charge in [0.2, 0.25) is 0 Å². The normalized spacial score (nSPS) is 10.4. The fourth-order valence-electron chi connectivity index (χ4n) is 2.21. The zero-order valence-corrected chi connectivity index (χ0v) is 11.1. The molecule has 6 nitrogen and oxygen atoms in total. The summed E-state index contributed by atoms with van der Waals surface area (Å²) in [5.41, 5.74) is 3.59. The lowest BCUT2D eigenvalue weighted by molar-refractivity contribution is 0.897. The van der Waals surface area contributed by atoms with Gasteiger partial charge in [0.25, 0.3) is 0 Å². The molecule has 0 aliphatic rings. The molecule has 3 aromatic rings. The Hall–Kier alpha value is -2.94. The predicted octanol–water partition coefficient (Wildman–Crippen LogP) is 2.01. The number of aryl methyl sites for hydroxylation is 1. The van der Waals surface area contributed by atoms with Gasteiger partial charge in [-0.15, -0.1) is 0 Å². The molecular weight excluding hydrogens is 252 g/mol. The Morgan fingerprint density at radius 2 is 2.20 bits per heavy atom. The maximum absolute atomic E-state index is 9.09. The Kier molecular flexibility index (Phi) is 2.80. The number of nitrogens with zero attached hydrogens (tertiary/aromatic N) is 5. The van der Waals surface area contributed by atoms with Crippen molar-refractivity contribution < 1.29 is 0 Å². The van der Waals surface area contributed by atoms with E-state index < -0.39 is 0 Å². The van der Waals surface area contributed by atoms with Crippen molar-refractivity contribution >= 4 is 11.5 Å². The Bertz CT molecular complexity index is 813. The van der Waals surface area contributed by atoms with Crippen LogP contribution in [-0.2, 0) is 0 Å². The molecule has 3 aromatic heterocycles. The standard InChI is InChI=1S/C14H12N6/c1-9-12(11-5-3-4-6-17-11)13(16-2)19-14-10(7-15)8-18-20(9)14/h3-6,8H,1-2H3,(H,16,19). The van der Waals surface area contributed by atoms with Crippen molar-refractivity contribution in [2.45, 2.75) is 6.92 Å². The van der Waals surface area contributed by atoms with Gasteiger partial charge in [0.05, 0.1) is 23.1 Å². The van der Waals surface area contributed by atoms with Crippen LogP contribution < -0.4 is 5.32 Å². The third-order valence-electron chi connectivity index (χ3n) is 3.16. The van der Waals surface area contributed by atoms with Crippen molar-refractivity contribution in [3.63, 3.8) is 0 Å². The minimum Gasteiger partial charge on any atom is -0.372 e. The minimum atomic E-state index is 0.456. The molecule has 98 valence electrons. The first-order valence-corrected chi connectivity index (χ1v) is 6.14. The molecule has 0 bridgehead atoms. The number of nitriles is 1. The first kappa shape index (κ1) is 12.1. The van der Waals surface area contributed by atoms with Crippen LogP contribution in [0.3, 0.4) is 0 Å². The Morgan fingerprint density at radius 3 is 2.85 bits per heavy atom.